The molecule has 0 spiro atoms. The van der Waals surface area contributed by atoms with Gasteiger partial charge in [-0.3, -0.25) is 0 Å². The molecule has 0 aliphatic carbocycles. The summed E-state index contributed by atoms with van der Waals surface area (Å²) in [6, 6.07) is 0. The second-order valence-electron chi connectivity index (χ2n) is 8.38. The van der Waals surface area contributed by atoms with Crippen LogP contribution < -0.4 is 0 Å². The Hall–Kier alpha value is -0.240. The Kier molecular flexibility index (Phi) is 25.8. The predicted molar refractivity (Wildman–Crippen MR) is 127 cm³/mol. The average molecular weight is 449 g/mol. The number of hydrogen-bond donors (Lipinski definition) is 1. The van der Waals surface area contributed by atoms with Gasteiger partial charge in [-0.05, 0) is 20.3 Å². The van der Waals surface area contributed by atoms with Gasteiger partial charge in [0, 0.05) is 6.61 Å². The number of rotatable bonds is 26. The Morgan fingerprint density at radius 3 is 1.65 bits per heavy atom. The molecule has 188 valence electrons. The van der Waals surface area contributed by atoms with E-state index in [0.29, 0.717) is 46.2 Å². The van der Waals surface area contributed by atoms with Crippen LogP contribution in [0.15, 0.2) is 0 Å². The Bertz CT molecular complexity index is 329. The van der Waals surface area contributed by atoms with Crippen molar-refractivity contribution >= 4 is 0 Å². The first-order valence-corrected chi connectivity index (χ1v) is 12.8. The summed E-state index contributed by atoms with van der Waals surface area (Å²) in [5.74, 6) is 0. The second-order valence-corrected chi connectivity index (χ2v) is 8.38. The summed E-state index contributed by atoms with van der Waals surface area (Å²) in [4.78, 5) is 0. The maximum Gasteiger partial charge on any atom is 0.0781 e. The van der Waals surface area contributed by atoms with Crippen LogP contribution in [-0.4, -0.2) is 76.8 Å². The minimum Gasteiger partial charge on any atom is -0.394 e. The van der Waals surface area contributed by atoms with Crippen LogP contribution in [0.25, 0.3) is 0 Å². The molecule has 0 aromatic rings. The van der Waals surface area contributed by atoms with Crippen LogP contribution in [0.3, 0.4) is 0 Å². The first-order chi connectivity index (χ1) is 15.2. The number of aliphatic hydroxyl groups is 1. The van der Waals surface area contributed by atoms with Crippen molar-refractivity contribution in [3.05, 3.63) is 0 Å². The summed E-state index contributed by atoms with van der Waals surface area (Å²) in [5.41, 5.74) is 0. The Balaban J connectivity index is 3.27. The van der Waals surface area contributed by atoms with E-state index in [0.717, 1.165) is 13.0 Å². The van der Waals surface area contributed by atoms with Crippen LogP contribution >= 0.6 is 0 Å². The number of aliphatic hydroxyl groups excluding tert-OH is 1. The van der Waals surface area contributed by atoms with Gasteiger partial charge in [-0.25, -0.2) is 0 Å². The molecule has 0 rings (SSSR count). The lowest BCUT2D eigenvalue weighted by Gasteiger charge is -2.18. The fourth-order valence-corrected chi connectivity index (χ4v) is 3.21. The third-order valence-corrected chi connectivity index (χ3v) is 5.10. The third kappa shape index (κ3) is 25.9. The smallest absolute Gasteiger partial charge is 0.0781 e. The first kappa shape index (κ1) is 30.8. The van der Waals surface area contributed by atoms with E-state index in [4.69, 9.17) is 28.8 Å². The van der Waals surface area contributed by atoms with Crippen molar-refractivity contribution in [1.82, 2.24) is 0 Å². The molecule has 0 aromatic carbocycles. The minimum atomic E-state index is 0.0309. The normalized spacial score (nSPS) is 13.5. The molecule has 0 saturated carbocycles. The molecule has 31 heavy (non-hydrogen) atoms. The van der Waals surface area contributed by atoms with Crippen molar-refractivity contribution in [2.45, 2.75) is 104 Å². The molecule has 0 heterocycles. The van der Waals surface area contributed by atoms with E-state index >= 15 is 0 Å². The summed E-state index contributed by atoms with van der Waals surface area (Å²) in [7, 11) is 0. The third-order valence-electron chi connectivity index (χ3n) is 5.10. The van der Waals surface area contributed by atoms with Crippen molar-refractivity contribution in [3.8, 4) is 0 Å². The number of hydrogen-bond acceptors (Lipinski definition) is 6. The van der Waals surface area contributed by atoms with Crippen LogP contribution in [0.2, 0.25) is 0 Å². The average Bonchev–Trinajstić information content (AvgIpc) is 2.77. The molecule has 6 heteroatoms. The van der Waals surface area contributed by atoms with Gasteiger partial charge in [0.25, 0.3) is 0 Å². The molecule has 0 fully saturated rings. The molecule has 1 N–H and O–H groups in total. The van der Waals surface area contributed by atoms with E-state index in [1.54, 1.807) is 0 Å². The lowest BCUT2D eigenvalue weighted by Crippen LogP contribution is -2.24. The highest BCUT2D eigenvalue weighted by Crippen LogP contribution is 2.11. The summed E-state index contributed by atoms with van der Waals surface area (Å²) >= 11 is 0. The number of ether oxygens (including phenoxy) is 5. The zero-order valence-electron chi connectivity index (χ0n) is 20.8. The van der Waals surface area contributed by atoms with Crippen molar-refractivity contribution in [3.63, 3.8) is 0 Å². The van der Waals surface area contributed by atoms with Crippen molar-refractivity contribution < 1.29 is 28.8 Å². The molecule has 0 saturated heterocycles. The van der Waals surface area contributed by atoms with Crippen LogP contribution in [0.4, 0.5) is 0 Å². The lowest BCUT2D eigenvalue weighted by molar-refractivity contribution is -0.0684. The molecule has 6 nitrogen and oxygen atoms in total. The van der Waals surface area contributed by atoms with Crippen LogP contribution in [0, 0.1) is 0 Å². The van der Waals surface area contributed by atoms with Crippen LogP contribution in [0.1, 0.15) is 91.4 Å². The van der Waals surface area contributed by atoms with E-state index in [2.05, 4.69) is 6.92 Å². The zero-order chi connectivity index (χ0) is 22.8. The lowest BCUT2D eigenvalue weighted by atomic mass is 10.1. The van der Waals surface area contributed by atoms with Crippen molar-refractivity contribution in [2.75, 3.05) is 59.5 Å². The fourth-order valence-electron chi connectivity index (χ4n) is 3.21. The zero-order valence-corrected chi connectivity index (χ0v) is 20.8. The summed E-state index contributed by atoms with van der Waals surface area (Å²) in [6.45, 7) is 10.8. The predicted octanol–water partition coefficient (Wildman–Crippen LogP) is 5.15. The van der Waals surface area contributed by atoms with Crippen molar-refractivity contribution in [1.29, 1.82) is 0 Å². The van der Waals surface area contributed by atoms with Gasteiger partial charge in [0.2, 0.25) is 0 Å². The Labute approximate surface area is 192 Å². The van der Waals surface area contributed by atoms with Crippen LogP contribution in [-0.2, 0) is 23.7 Å². The first-order valence-electron chi connectivity index (χ1n) is 12.8. The van der Waals surface area contributed by atoms with E-state index < -0.39 is 0 Å². The molecular weight excluding hydrogens is 396 g/mol. The molecule has 0 amide bonds. The largest absolute Gasteiger partial charge is 0.394 e. The van der Waals surface area contributed by atoms with E-state index in [1.165, 1.54) is 64.2 Å². The van der Waals surface area contributed by atoms with E-state index in [9.17, 15) is 0 Å². The SMILES string of the molecule is CCCCCCCCCCCCCOCC(C)OCC(C)OCCOCCOCCO. The van der Waals surface area contributed by atoms with Gasteiger partial charge >= 0.3 is 0 Å². The minimum absolute atomic E-state index is 0.0309. The fraction of sp³-hybridized carbons (Fsp3) is 1.00. The van der Waals surface area contributed by atoms with E-state index in [-0.39, 0.29) is 18.8 Å². The highest BCUT2D eigenvalue weighted by atomic mass is 16.6. The maximum absolute atomic E-state index is 8.59. The Morgan fingerprint density at radius 1 is 0.516 bits per heavy atom. The highest BCUT2D eigenvalue weighted by Gasteiger charge is 2.07. The van der Waals surface area contributed by atoms with Crippen LogP contribution in [0.5, 0.6) is 0 Å². The van der Waals surface area contributed by atoms with Gasteiger partial charge in [0.15, 0.2) is 0 Å². The van der Waals surface area contributed by atoms with Gasteiger partial charge in [-0.1, -0.05) is 71.1 Å². The highest BCUT2D eigenvalue weighted by molar-refractivity contribution is 4.53. The topological polar surface area (TPSA) is 66.4 Å². The maximum atomic E-state index is 8.59. The molecule has 0 aromatic heterocycles. The quantitative estimate of drug-likeness (QED) is 0.185. The molecular formula is C25H52O6. The molecule has 0 bridgehead atoms. The summed E-state index contributed by atoms with van der Waals surface area (Å²) in [6.07, 6.45) is 15.0. The van der Waals surface area contributed by atoms with E-state index in [1.807, 2.05) is 13.8 Å². The summed E-state index contributed by atoms with van der Waals surface area (Å²) < 4.78 is 27.7. The molecule has 0 aliphatic heterocycles. The standard InChI is InChI=1S/C25H52O6/c1-4-5-6-7-8-9-10-11-12-13-14-16-29-22-24(2)31-23-25(3)30-21-20-28-19-18-27-17-15-26/h24-26H,4-23H2,1-3H3. The molecule has 2 atom stereocenters. The van der Waals surface area contributed by atoms with Gasteiger partial charge in [0.05, 0.1) is 65.1 Å². The van der Waals surface area contributed by atoms with Gasteiger partial charge < -0.3 is 28.8 Å². The monoisotopic (exact) mass is 448 g/mol. The number of unbranched alkanes of at least 4 members (excludes halogenated alkanes) is 10. The second kappa shape index (κ2) is 26.0. The van der Waals surface area contributed by atoms with Gasteiger partial charge in [0.1, 0.15) is 0 Å². The Morgan fingerprint density at radius 2 is 1.03 bits per heavy atom. The van der Waals surface area contributed by atoms with Gasteiger partial charge in [-0.2, -0.15) is 0 Å². The molecule has 0 aliphatic rings. The van der Waals surface area contributed by atoms with Gasteiger partial charge in [-0.15, -0.1) is 0 Å². The molecule has 0 radical (unpaired) electrons. The van der Waals surface area contributed by atoms with Crippen molar-refractivity contribution in [2.24, 2.45) is 0 Å². The molecule has 2 unspecified atom stereocenters. The summed E-state index contributed by atoms with van der Waals surface area (Å²) in [5, 5.41) is 8.59.